The van der Waals surface area contributed by atoms with E-state index in [-0.39, 0.29) is 11.3 Å². The summed E-state index contributed by atoms with van der Waals surface area (Å²) >= 11 is 6.11. The third-order valence-electron chi connectivity index (χ3n) is 3.48. The van der Waals surface area contributed by atoms with Gasteiger partial charge in [-0.25, -0.2) is 4.79 Å². The van der Waals surface area contributed by atoms with Gasteiger partial charge in [0.05, 0.1) is 11.2 Å². The van der Waals surface area contributed by atoms with Gasteiger partial charge < -0.3 is 15.5 Å². The number of rotatable bonds is 3. The molecule has 0 bridgehead atoms. The number of nitrogens with zero attached hydrogens (tertiary/aromatic N) is 1. The zero-order chi connectivity index (χ0) is 16.6. The SMILES string of the molecule is Cc1cc(Cl)cc2c(Nc3ccc([O-])cc3)c(C(=O)O)cnc12. The van der Waals surface area contributed by atoms with Gasteiger partial charge in [-0.05, 0) is 36.8 Å². The number of halogens is 1. The van der Waals surface area contributed by atoms with Gasteiger partial charge in [0.15, 0.2) is 0 Å². The molecule has 0 saturated heterocycles. The van der Waals surface area contributed by atoms with Crippen molar-refractivity contribution in [1.29, 1.82) is 0 Å². The number of nitrogens with one attached hydrogen (secondary N) is 1. The summed E-state index contributed by atoms with van der Waals surface area (Å²) in [6, 6.07) is 9.45. The quantitative estimate of drug-likeness (QED) is 0.766. The van der Waals surface area contributed by atoms with Crippen LogP contribution in [0.4, 0.5) is 11.4 Å². The highest BCUT2D eigenvalue weighted by Crippen LogP contribution is 2.33. The molecule has 0 amide bonds. The summed E-state index contributed by atoms with van der Waals surface area (Å²) in [7, 11) is 0. The number of aromatic carboxylic acids is 1. The maximum absolute atomic E-state index is 11.5. The maximum Gasteiger partial charge on any atom is 0.339 e. The molecule has 0 aliphatic heterocycles. The van der Waals surface area contributed by atoms with E-state index in [9.17, 15) is 15.0 Å². The van der Waals surface area contributed by atoms with Crippen LogP contribution in [0.15, 0.2) is 42.6 Å². The van der Waals surface area contributed by atoms with Crippen LogP contribution in [-0.2, 0) is 0 Å². The molecule has 0 fully saturated rings. The zero-order valence-corrected chi connectivity index (χ0v) is 12.9. The fraction of sp³-hybridized carbons (Fsp3) is 0.0588. The minimum absolute atomic E-state index is 0.0327. The van der Waals surface area contributed by atoms with Gasteiger partial charge in [0.25, 0.3) is 0 Å². The molecule has 1 heterocycles. The molecule has 3 rings (SSSR count). The average molecular weight is 328 g/mol. The highest BCUT2D eigenvalue weighted by molar-refractivity contribution is 6.31. The van der Waals surface area contributed by atoms with Crippen LogP contribution in [0, 0.1) is 6.92 Å². The summed E-state index contributed by atoms with van der Waals surface area (Å²) in [6.45, 7) is 1.86. The zero-order valence-electron chi connectivity index (χ0n) is 12.1. The number of hydrogen-bond acceptors (Lipinski definition) is 4. The van der Waals surface area contributed by atoms with Gasteiger partial charge in [-0.1, -0.05) is 23.7 Å². The van der Waals surface area contributed by atoms with Crippen LogP contribution in [0.2, 0.25) is 5.02 Å². The molecule has 5 nitrogen and oxygen atoms in total. The number of hydrogen-bond donors (Lipinski definition) is 2. The molecule has 2 aromatic carbocycles. The van der Waals surface area contributed by atoms with Crippen LogP contribution < -0.4 is 10.4 Å². The van der Waals surface area contributed by atoms with Gasteiger partial charge in [0.1, 0.15) is 5.56 Å². The first kappa shape index (κ1) is 15.1. The van der Waals surface area contributed by atoms with Crippen LogP contribution in [0.3, 0.4) is 0 Å². The lowest BCUT2D eigenvalue weighted by Gasteiger charge is -2.15. The number of pyridine rings is 1. The Hall–Kier alpha value is -2.79. The van der Waals surface area contributed by atoms with Crippen LogP contribution in [0.1, 0.15) is 15.9 Å². The number of carboxylic acid groups (broad SMARTS) is 1. The van der Waals surface area contributed by atoms with Crippen molar-refractivity contribution in [1.82, 2.24) is 4.98 Å². The second-order valence-corrected chi connectivity index (χ2v) is 5.56. The van der Waals surface area contributed by atoms with E-state index in [2.05, 4.69) is 10.3 Å². The standard InChI is InChI=1S/C17H13ClN2O3/c1-9-6-10(18)7-13-15(9)19-8-14(17(22)23)16(13)20-11-2-4-12(21)5-3-11/h2-8,21H,1H3,(H,19,20)(H,22,23)/p-1. The summed E-state index contributed by atoms with van der Waals surface area (Å²) in [5, 5.41) is 24.8. The molecule has 0 aliphatic carbocycles. The van der Waals surface area contributed by atoms with Crippen LogP contribution >= 0.6 is 11.6 Å². The molecule has 3 aromatic rings. The smallest absolute Gasteiger partial charge is 0.339 e. The Morgan fingerprint density at radius 1 is 1.26 bits per heavy atom. The van der Waals surface area contributed by atoms with E-state index in [0.29, 0.717) is 27.3 Å². The minimum atomic E-state index is -1.10. The van der Waals surface area contributed by atoms with Crippen molar-refractivity contribution in [2.75, 3.05) is 5.32 Å². The molecule has 0 radical (unpaired) electrons. The molecule has 6 heteroatoms. The van der Waals surface area contributed by atoms with Crippen molar-refractivity contribution >= 4 is 39.8 Å². The predicted molar refractivity (Wildman–Crippen MR) is 87.6 cm³/mol. The number of benzene rings is 2. The first-order valence-corrected chi connectivity index (χ1v) is 7.20. The van der Waals surface area contributed by atoms with E-state index in [1.807, 2.05) is 6.92 Å². The first-order valence-electron chi connectivity index (χ1n) is 6.82. The van der Waals surface area contributed by atoms with Gasteiger partial charge >= 0.3 is 5.97 Å². The second kappa shape index (κ2) is 5.78. The lowest BCUT2D eigenvalue weighted by Crippen LogP contribution is -2.05. The minimum Gasteiger partial charge on any atom is -0.872 e. The summed E-state index contributed by atoms with van der Waals surface area (Å²) < 4.78 is 0. The number of carboxylic acids is 1. The fourth-order valence-electron chi connectivity index (χ4n) is 2.42. The van der Waals surface area contributed by atoms with Crippen LogP contribution in [0.25, 0.3) is 10.9 Å². The number of carbonyl (C=O) groups is 1. The number of aromatic nitrogens is 1. The number of aryl methyl sites for hydroxylation is 1. The highest BCUT2D eigenvalue weighted by atomic mass is 35.5. The topological polar surface area (TPSA) is 85.3 Å². The lowest BCUT2D eigenvalue weighted by atomic mass is 10.1. The van der Waals surface area contributed by atoms with Gasteiger partial charge in [-0.15, -0.1) is 5.75 Å². The van der Waals surface area contributed by atoms with Crippen molar-refractivity contribution in [2.24, 2.45) is 0 Å². The van der Waals surface area contributed by atoms with Crippen molar-refractivity contribution in [2.45, 2.75) is 6.92 Å². The first-order chi connectivity index (χ1) is 11.0. The van der Waals surface area contributed by atoms with E-state index in [4.69, 9.17) is 11.6 Å². The van der Waals surface area contributed by atoms with E-state index >= 15 is 0 Å². The number of fused-ring (bicyclic) bond motifs is 1. The van der Waals surface area contributed by atoms with E-state index in [1.165, 1.54) is 18.3 Å². The molecule has 1 aromatic heterocycles. The largest absolute Gasteiger partial charge is 0.872 e. The van der Waals surface area contributed by atoms with Gasteiger partial charge in [-0.3, -0.25) is 4.98 Å². The Kier molecular flexibility index (Phi) is 3.80. The molecule has 23 heavy (non-hydrogen) atoms. The molecule has 2 N–H and O–H groups in total. The molecule has 0 spiro atoms. The Bertz CT molecular complexity index is 908. The van der Waals surface area contributed by atoms with Crippen molar-refractivity contribution in [3.05, 3.63) is 58.7 Å². The monoisotopic (exact) mass is 327 g/mol. The Morgan fingerprint density at radius 2 is 1.96 bits per heavy atom. The summed E-state index contributed by atoms with van der Waals surface area (Å²) in [5.74, 6) is -1.22. The van der Waals surface area contributed by atoms with E-state index in [0.717, 1.165) is 5.56 Å². The molecule has 0 saturated carbocycles. The summed E-state index contributed by atoms with van der Waals surface area (Å²) in [4.78, 5) is 15.7. The third kappa shape index (κ3) is 2.91. The Balaban J connectivity index is 2.24. The second-order valence-electron chi connectivity index (χ2n) is 5.12. The molecule has 0 atom stereocenters. The Morgan fingerprint density at radius 3 is 2.61 bits per heavy atom. The third-order valence-corrected chi connectivity index (χ3v) is 3.70. The highest BCUT2D eigenvalue weighted by Gasteiger charge is 2.16. The Labute approximate surface area is 137 Å². The normalized spacial score (nSPS) is 10.7. The van der Waals surface area contributed by atoms with Crippen LogP contribution in [-0.4, -0.2) is 16.1 Å². The van der Waals surface area contributed by atoms with E-state index in [1.54, 1.807) is 24.3 Å². The van der Waals surface area contributed by atoms with Crippen LogP contribution in [0.5, 0.6) is 5.75 Å². The number of anilines is 2. The van der Waals surface area contributed by atoms with Crippen molar-refractivity contribution < 1.29 is 15.0 Å². The molecular weight excluding hydrogens is 316 g/mol. The lowest BCUT2D eigenvalue weighted by molar-refractivity contribution is -0.268. The van der Waals surface area contributed by atoms with Gasteiger partial charge in [0.2, 0.25) is 0 Å². The molecule has 116 valence electrons. The molecule has 0 unspecified atom stereocenters. The van der Waals surface area contributed by atoms with Gasteiger partial charge in [-0.2, -0.15) is 0 Å². The van der Waals surface area contributed by atoms with Crippen molar-refractivity contribution in [3.8, 4) is 5.75 Å². The predicted octanol–water partition coefficient (Wildman–Crippen LogP) is 3.71. The molecule has 0 aliphatic rings. The van der Waals surface area contributed by atoms with Gasteiger partial charge in [0, 0.05) is 22.3 Å². The average Bonchev–Trinajstić information content (AvgIpc) is 2.49. The van der Waals surface area contributed by atoms with Crippen molar-refractivity contribution in [3.63, 3.8) is 0 Å². The summed E-state index contributed by atoms with van der Waals surface area (Å²) in [5.41, 5.74) is 2.55. The van der Waals surface area contributed by atoms with E-state index < -0.39 is 5.97 Å². The molecular formula is C17H12ClN2O3-. The maximum atomic E-state index is 11.5. The fourth-order valence-corrected chi connectivity index (χ4v) is 2.69. The summed E-state index contributed by atoms with van der Waals surface area (Å²) in [6.07, 6.45) is 1.32.